The Hall–Kier alpha value is -1.54. The van der Waals surface area contributed by atoms with Gasteiger partial charge in [0, 0.05) is 40.3 Å². The highest BCUT2D eigenvalue weighted by Crippen LogP contribution is 2.39. The average molecular weight is 393 g/mol. The van der Waals surface area contributed by atoms with E-state index < -0.39 is 0 Å². The van der Waals surface area contributed by atoms with Crippen molar-refractivity contribution in [3.05, 3.63) is 5.82 Å². The molecule has 3 heterocycles. The molecule has 8 heteroatoms. The minimum absolute atomic E-state index is 0.138. The fourth-order valence-corrected chi connectivity index (χ4v) is 4.72. The third kappa shape index (κ3) is 4.54. The van der Waals surface area contributed by atoms with Crippen LogP contribution >= 0.6 is 0 Å². The molecule has 2 aliphatic rings. The van der Waals surface area contributed by atoms with Crippen molar-refractivity contribution in [2.75, 3.05) is 39.9 Å². The van der Waals surface area contributed by atoms with Gasteiger partial charge in [0.1, 0.15) is 5.54 Å². The van der Waals surface area contributed by atoms with Crippen LogP contribution in [-0.2, 0) is 21.6 Å². The first-order valence-corrected chi connectivity index (χ1v) is 10.7. The predicted octanol–water partition coefficient (Wildman–Crippen LogP) is 1.92. The van der Waals surface area contributed by atoms with Gasteiger partial charge >= 0.3 is 0 Å². The Kier molecular flexibility index (Phi) is 7.04. The lowest BCUT2D eigenvalue weighted by Crippen LogP contribution is -2.60. The Morgan fingerprint density at radius 3 is 2.68 bits per heavy atom. The Morgan fingerprint density at radius 1 is 1.29 bits per heavy atom. The molecule has 0 spiro atoms. The molecule has 3 rings (SSSR count). The summed E-state index contributed by atoms with van der Waals surface area (Å²) in [6.07, 6.45) is 5.25. The van der Waals surface area contributed by atoms with Crippen molar-refractivity contribution < 1.29 is 9.53 Å². The molecule has 1 amide bonds. The Labute approximate surface area is 168 Å². The number of hydrogen-bond acceptors (Lipinski definition) is 6. The van der Waals surface area contributed by atoms with Crippen molar-refractivity contribution in [3.8, 4) is 0 Å². The zero-order valence-corrected chi connectivity index (χ0v) is 17.9. The summed E-state index contributed by atoms with van der Waals surface area (Å²) >= 11 is 0. The van der Waals surface area contributed by atoms with Gasteiger partial charge in [-0.1, -0.05) is 13.8 Å². The van der Waals surface area contributed by atoms with Gasteiger partial charge in [-0.15, -0.1) is 5.10 Å². The molecule has 0 aliphatic carbocycles. The van der Waals surface area contributed by atoms with Gasteiger partial charge in [0.05, 0.1) is 0 Å². The lowest BCUT2D eigenvalue weighted by atomic mass is 9.83. The molecule has 1 aromatic rings. The minimum atomic E-state index is -0.289. The largest absolute Gasteiger partial charge is 0.384 e. The van der Waals surface area contributed by atoms with Crippen molar-refractivity contribution in [3.63, 3.8) is 0 Å². The first kappa shape index (κ1) is 21.2. The number of ether oxygens (including phenoxy) is 1. The predicted molar refractivity (Wildman–Crippen MR) is 107 cm³/mol. The molecule has 1 unspecified atom stereocenters. The molecular formula is C20H36N6O2. The van der Waals surface area contributed by atoms with Crippen molar-refractivity contribution in [2.45, 2.75) is 65.0 Å². The van der Waals surface area contributed by atoms with E-state index in [9.17, 15) is 4.79 Å². The van der Waals surface area contributed by atoms with Crippen LogP contribution in [0.4, 0.5) is 0 Å². The molecule has 0 aromatic carbocycles. The van der Waals surface area contributed by atoms with E-state index in [2.05, 4.69) is 34.3 Å². The summed E-state index contributed by atoms with van der Waals surface area (Å²) in [5, 5.41) is 12.9. The van der Waals surface area contributed by atoms with Gasteiger partial charge in [0.15, 0.2) is 5.82 Å². The smallest absolute Gasteiger partial charge is 0.219 e. The van der Waals surface area contributed by atoms with E-state index in [0.29, 0.717) is 18.4 Å². The zero-order chi connectivity index (χ0) is 20.1. The Morgan fingerprint density at radius 2 is 2.04 bits per heavy atom. The Bertz CT molecular complexity index is 640. The van der Waals surface area contributed by atoms with Gasteiger partial charge in [-0.25, -0.2) is 4.68 Å². The van der Waals surface area contributed by atoms with Gasteiger partial charge in [-0.2, -0.15) is 0 Å². The number of likely N-dealkylation sites (tertiary alicyclic amines) is 2. The number of aryl methyl sites for hydroxylation is 1. The maximum absolute atomic E-state index is 12.2. The van der Waals surface area contributed by atoms with E-state index in [1.165, 1.54) is 0 Å². The molecule has 2 saturated heterocycles. The lowest BCUT2D eigenvalue weighted by molar-refractivity contribution is -0.134. The van der Waals surface area contributed by atoms with Gasteiger partial charge in [-0.05, 0) is 67.5 Å². The van der Waals surface area contributed by atoms with Crippen LogP contribution in [0.15, 0.2) is 0 Å². The maximum atomic E-state index is 12.2. The van der Waals surface area contributed by atoms with E-state index in [1.54, 1.807) is 14.0 Å². The highest BCUT2D eigenvalue weighted by molar-refractivity contribution is 5.73. The number of tetrazole rings is 1. The second-order valence-corrected chi connectivity index (χ2v) is 8.87. The number of amides is 1. The summed E-state index contributed by atoms with van der Waals surface area (Å²) < 4.78 is 7.36. The SMILES string of the molecule is COCC1CCN(C2(c3nnnn3CCC(C)C)CCCN(C(C)=O)C2)CC1. The van der Waals surface area contributed by atoms with Gasteiger partial charge in [-0.3, -0.25) is 9.69 Å². The summed E-state index contributed by atoms with van der Waals surface area (Å²) in [4.78, 5) is 16.7. The molecule has 1 atom stereocenters. The standard InChI is InChI=1S/C20H36N6O2/c1-16(2)6-13-26-19(21-22-23-26)20(9-5-10-24(15-20)17(3)27)25-11-7-18(8-12-25)14-28-4/h16,18H,5-15H2,1-4H3. The van der Waals surface area contributed by atoms with E-state index in [1.807, 2.05) is 9.58 Å². The summed E-state index contributed by atoms with van der Waals surface area (Å²) in [6, 6.07) is 0. The summed E-state index contributed by atoms with van der Waals surface area (Å²) in [6.45, 7) is 11.3. The van der Waals surface area contributed by atoms with Crippen molar-refractivity contribution in [1.29, 1.82) is 0 Å². The van der Waals surface area contributed by atoms with E-state index in [4.69, 9.17) is 4.74 Å². The summed E-state index contributed by atoms with van der Waals surface area (Å²) in [7, 11) is 1.78. The van der Waals surface area contributed by atoms with Gasteiger partial charge in [0.2, 0.25) is 5.91 Å². The normalized spacial score (nSPS) is 24.8. The molecule has 28 heavy (non-hydrogen) atoms. The summed E-state index contributed by atoms with van der Waals surface area (Å²) in [5.41, 5.74) is -0.289. The second kappa shape index (κ2) is 9.31. The van der Waals surface area contributed by atoms with E-state index in [0.717, 1.165) is 70.7 Å². The molecule has 2 fully saturated rings. The van der Waals surface area contributed by atoms with Crippen molar-refractivity contribution in [1.82, 2.24) is 30.0 Å². The molecule has 1 aromatic heterocycles. The molecule has 0 radical (unpaired) electrons. The van der Waals surface area contributed by atoms with Crippen molar-refractivity contribution in [2.24, 2.45) is 11.8 Å². The van der Waals surface area contributed by atoms with Gasteiger partial charge < -0.3 is 9.64 Å². The van der Waals surface area contributed by atoms with Gasteiger partial charge in [0.25, 0.3) is 0 Å². The first-order chi connectivity index (χ1) is 13.5. The fraction of sp³-hybridized carbons (Fsp3) is 0.900. The molecule has 158 valence electrons. The Balaban J connectivity index is 1.88. The second-order valence-electron chi connectivity index (χ2n) is 8.87. The van der Waals surface area contributed by atoms with Crippen LogP contribution in [0.5, 0.6) is 0 Å². The molecule has 8 nitrogen and oxygen atoms in total. The minimum Gasteiger partial charge on any atom is -0.384 e. The van der Waals surface area contributed by atoms with Crippen LogP contribution in [0.25, 0.3) is 0 Å². The van der Waals surface area contributed by atoms with E-state index >= 15 is 0 Å². The molecule has 0 bridgehead atoms. The number of carbonyl (C=O) groups is 1. The maximum Gasteiger partial charge on any atom is 0.219 e. The zero-order valence-electron chi connectivity index (χ0n) is 17.9. The highest BCUT2D eigenvalue weighted by atomic mass is 16.5. The van der Waals surface area contributed by atoms with Crippen molar-refractivity contribution >= 4 is 5.91 Å². The van der Waals surface area contributed by atoms with Crippen LogP contribution in [0.1, 0.15) is 58.7 Å². The fourth-order valence-electron chi connectivity index (χ4n) is 4.72. The number of aromatic nitrogens is 4. The molecular weight excluding hydrogens is 356 g/mol. The van der Waals surface area contributed by atoms with E-state index in [-0.39, 0.29) is 11.4 Å². The molecule has 0 saturated carbocycles. The molecule has 0 N–H and O–H groups in total. The molecule has 2 aliphatic heterocycles. The number of rotatable bonds is 7. The average Bonchev–Trinajstić information content (AvgIpc) is 3.16. The van der Waals surface area contributed by atoms with Crippen LogP contribution in [0.2, 0.25) is 0 Å². The topological polar surface area (TPSA) is 76.4 Å². The highest BCUT2D eigenvalue weighted by Gasteiger charge is 2.47. The number of carbonyl (C=O) groups excluding carboxylic acids is 1. The lowest BCUT2D eigenvalue weighted by Gasteiger charge is -2.50. The summed E-state index contributed by atoms with van der Waals surface area (Å²) in [5.74, 6) is 2.28. The third-order valence-corrected chi connectivity index (χ3v) is 6.40. The number of methoxy groups -OCH3 is 1. The third-order valence-electron chi connectivity index (χ3n) is 6.40. The monoisotopic (exact) mass is 392 g/mol. The quantitative estimate of drug-likeness (QED) is 0.706. The van der Waals surface area contributed by atoms with Crippen LogP contribution < -0.4 is 0 Å². The van der Waals surface area contributed by atoms with Crippen LogP contribution in [0.3, 0.4) is 0 Å². The number of piperidine rings is 2. The van der Waals surface area contributed by atoms with Crippen LogP contribution in [0, 0.1) is 11.8 Å². The first-order valence-electron chi connectivity index (χ1n) is 10.7. The van der Waals surface area contributed by atoms with Crippen LogP contribution in [-0.4, -0.2) is 75.8 Å². The number of nitrogens with zero attached hydrogens (tertiary/aromatic N) is 6. The number of hydrogen-bond donors (Lipinski definition) is 0.